The number of aromatic hydroxyl groups is 1. The molecule has 3 N–H and O–H groups in total. The predicted octanol–water partition coefficient (Wildman–Crippen LogP) is 2.52. The SMILES string of the molecule is CN(C(=O)Cc1ccccc1)[C@@H]1CC[C@@]2(O)[C@H]3[C@@H](O)c4ccc(O)c5c4[C@@]2(CCN3CC2CC2)[C@H]1O5. The summed E-state index contributed by atoms with van der Waals surface area (Å²) in [5.74, 6) is 1.05. The van der Waals surface area contributed by atoms with Gasteiger partial charge in [0.2, 0.25) is 5.91 Å². The van der Waals surface area contributed by atoms with Crippen molar-refractivity contribution in [3.63, 3.8) is 0 Å². The molecule has 0 aromatic heterocycles. The van der Waals surface area contributed by atoms with Gasteiger partial charge in [-0.3, -0.25) is 9.69 Å². The number of rotatable bonds is 5. The van der Waals surface area contributed by atoms with E-state index in [9.17, 15) is 20.1 Å². The fourth-order valence-electron chi connectivity index (χ4n) is 8.00. The Hall–Kier alpha value is -2.61. The normalized spacial score (nSPS) is 36.2. The van der Waals surface area contributed by atoms with Gasteiger partial charge in [0.05, 0.1) is 35.6 Å². The number of hydrogen-bond donors (Lipinski definition) is 3. The first-order valence-electron chi connectivity index (χ1n) is 13.3. The van der Waals surface area contributed by atoms with Crippen molar-refractivity contribution < 1.29 is 24.9 Å². The second kappa shape index (κ2) is 7.70. The Labute approximate surface area is 211 Å². The fourth-order valence-corrected chi connectivity index (χ4v) is 8.00. The lowest BCUT2D eigenvalue weighted by molar-refractivity contribution is -0.223. The largest absolute Gasteiger partial charge is 0.504 e. The average Bonchev–Trinajstić information content (AvgIpc) is 3.61. The van der Waals surface area contributed by atoms with Crippen molar-refractivity contribution in [2.45, 2.75) is 73.8 Å². The van der Waals surface area contributed by atoms with Gasteiger partial charge in [0, 0.05) is 19.2 Å². The molecular formula is C29H34N2O5. The maximum atomic E-state index is 13.4. The zero-order valence-corrected chi connectivity index (χ0v) is 20.6. The summed E-state index contributed by atoms with van der Waals surface area (Å²) in [7, 11) is 1.83. The van der Waals surface area contributed by atoms with E-state index in [1.807, 2.05) is 37.4 Å². The van der Waals surface area contributed by atoms with Gasteiger partial charge < -0.3 is 25.0 Å². The lowest BCUT2D eigenvalue weighted by Crippen LogP contribution is -2.79. The summed E-state index contributed by atoms with van der Waals surface area (Å²) in [6.45, 7) is 1.65. The number of carbonyl (C=O) groups excluding carboxylic acids is 1. The van der Waals surface area contributed by atoms with Gasteiger partial charge in [0.1, 0.15) is 6.10 Å². The molecule has 3 aliphatic carbocycles. The third kappa shape index (κ3) is 2.88. The summed E-state index contributed by atoms with van der Waals surface area (Å²) < 4.78 is 6.55. The van der Waals surface area contributed by atoms with Crippen LogP contribution in [-0.4, -0.2) is 75.0 Å². The van der Waals surface area contributed by atoms with Crippen LogP contribution in [0.2, 0.25) is 0 Å². The van der Waals surface area contributed by atoms with Gasteiger partial charge in [-0.15, -0.1) is 0 Å². The minimum absolute atomic E-state index is 0.00982. The number of carbonyl (C=O) groups is 1. The Morgan fingerprint density at radius 2 is 1.92 bits per heavy atom. The Morgan fingerprint density at radius 1 is 1.14 bits per heavy atom. The molecule has 2 bridgehead atoms. The predicted molar refractivity (Wildman–Crippen MR) is 133 cm³/mol. The van der Waals surface area contributed by atoms with E-state index in [-0.39, 0.29) is 17.7 Å². The highest BCUT2D eigenvalue weighted by atomic mass is 16.5. The molecule has 7 nitrogen and oxygen atoms in total. The molecule has 1 amide bonds. The summed E-state index contributed by atoms with van der Waals surface area (Å²) in [5, 5.41) is 35.0. The number of aliphatic hydroxyl groups is 2. The van der Waals surface area contributed by atoms with E-state index in [0.717, 1.165) is 29.8 Å². The van der Waals surface area contributed by atoms with Crippen molar-refractivity contribution in [2.75, 3.05) is 20.1 Å². The van der Waals surface area contributed by atoms with Crippen LogP contribution < -0.4 is 4.74 Å². The number of hydrogen-bond acceptors (Lipinski definition) is 6. The molecule has 3 fully saturated rings. The third-order valence-corrected chi connectivity index (χ3v) is 9.86. The number of nitrogens with zero attached hydrogens (tertiary/aromatic N) is 2. The molecule has 1 saturated heterocycles. The van der Waals surface area contributed by atoms with Crippen molar-refractivity contribution in [2.24, 2.45) is 5.92 Å². The molecule has 6 atom stereocenters. The number of ether oxygens (including phenoxy) is 1. The molecule has 7 rings (SSSR count). The van der Waals surface area contributed by atoms with Crippen molar-refractivity contribution in [1.82, 2.24) is 9.80 Å². The molecule has 2 aromatic rings. The molecule has 1 spiro atoms. The molecular weight excluding hydrogens is 456 g/mol. The standard InChI is InChI=1S/C29H34N2O5/c1-30(22(33)15-17-5-3-2-4-6-17)20-11-12-29(35)26-24(34)19-9-10-21(32)25-23(19)28(29,27(20)36-25)13-14-31(26)16-18-7-8-18/h2-6,9-10,18,20,24,26-27,32,34-35H,7-8,11-16H2,1H3/t20-,24+,26-,27+,28+,29-/m1/s1. The van der Waals surface area contributed by atoms with E-state index in [1.54, 1.807) is 17.0 Å². The minimum atomic E-state index is -1.20. The number of aliphatic hydroxyl groups excluding tert-OH is 1. The van der Waals surface area contributed by atoms with Crippen molar-refractivity contribution >= 4 is 5.91 Å². The topological polar surface area (TPSA) is 93.5 Å². The van der Waals surface area contributed by atoms with E-state index < -0.39 is 29.3 Å². The van der Waals surface area contributed by atoms with E-state index >= 15 is 0 Å². The van der Waals surface area contributed by atoms with Crippen LogP contribution in [0, 0.1) is 5.92 Å². The Balaban J connectivity index is 1.30. The second-order valence-corrected chi connectivity index (χ2v) is 11.7. The van der Waals surface area contributed by atoms with Gasteiger partial charge in [-0.05, 0) is 61.8 Å². The van der Waals surface area contributed by atoms with Crippen LogP contribution in [0.5, 0.6) is 11.5 Å². The third-order valence-electron chi connectivity index (χ3n) is 9.86. The highest BCUT2D eigenvalue weighted by molar-refractivity contribution is 5.79. The van der Waals surface area contributed by atoms with Crippen LogP contribution in [0.4, 0.5) is 0 Å². The van der Waals surface area contributed by atoms with Gasteiger partial charge in [-0.2, -0.15) is 0 Å². The first kappa shape index (κ1) is 22.6. The van der Waals surface area contributed by atoms with Crippen LogP contribution in [0.3, 0.4) is 0 Å². The molecule has 36 heavy (non-hydrogen) atoms. The molecule has 2 aromatic carbocycles. The van der Waals surface area contributed by atoms with Crippen LogP contribution >= 0.6 is 0 Å². The number of benzene rings is 2. The highest BCUT2D eigenvalue weighted by Gasteiger charge is 2.75. The molecule has 0 radical (unpaired) electrons. The average molecular weight is 491 g/mol. The lowest BCUT2D eigenvalue weighted by Gasteiger charge is -2.65. The minimum Gasteiger partial charge on any atom is -0.504 e. The van der Waals surface area contributed by atoms with Gasteiger partial charge in [-0.25, -0.2) is 0 Å². The molecule has 5 aliphatic rings. The van der Waals surface area contributed by atoms with E-state index in [0.29, 0.717) is 37.4 Å². The molecule has 190 valence electrons. The first-order chi connectivity index (χ1) is 17.3. The zero-order chi connectivity index (χ0) is 24.8. The number of likely N-dealkylation sites (N-methyl/N-ethyl adjacent to an activating group) is 1. The Morgan fingerprint density at radius 3 is 2.67 bits per heavy atom. The fraction of sp³-hybridized carbons (Fsp3) is 0.552. The number of amides is 1. The summed E-state index contributed by atoms with van der Waals surface area (Å²) in [4.78, 5) is 17.5. The molecule has 2 saturated carbocycles. The monoisotopic (exact) mass is 490 g/mol. The first-order valence-corrected chi connectivity index (χ1v) is 13.3. The van der Waals surface area contributed by atoms with Crippen LogP contribution in [0.1, 0.15) is 54.9 Å². The van der Waals surface area contributed by atoms with Crippen molar-refractivity contribution in [3.8, 4) is 11.5 Å². The molecule has 0 unspecified atom stereocenters. The van der Waals surface area contributed by atoms with E-state index in [4.69, 9.17) is 4.74 Å². The summed E-state index contributed by atoms with van der Waals surface area (Å²) in [5.41, 5.74) is 0.503. The summed E-state index contributed by atoms with van der Waals surface area (Å²) in [6.07, 6.45) is 3.10. The Kier molecular flexibility index (Phi) is 4.83. The quantitative estimate of drug-likeness (QED) is 0.597. The van der Waals surface area contributed by atoms with Gasteiger partial charge >= 0.3 is 0 Å². The highest BCUT2D eigenvalue weighted by Crippen LogP contribution is 2.67. The van der Waals surface area contributed by atoms with Crippen LogP contribution in [0.25, 0.3) is 0 Å². The number of likely N-dealkylation sites (tertiary alicyclic amines) is 1. The molecule has 2 aliphatic heterocycles. The van der Waals surface area contributed by atoms with E-state index in [1.165, 1.54) is 12.8 Å². The maximum absolute atomic E-state index is 13.4. The zero-order valence-electron chi connectivity index (χ0n) is 20.6. The number of phenols is 1. The van der Waals surface area contributed by atoms with Gasteiger partial charge in [0.25, 0.3) is 0 Å². The smallest absolute Gasteiger partial charge is 0.227 e. The van der Waals surface area contributed by atoms with E-state index in [2.05, 4.69) is 4.90 Å². The van der Waals surface area contributed by atoms with Crippen molar-refractivity contribution in [3.05, 3.63) is 59.2 Å². The maximum Gasteiger partial charge on any atom is 0.227 e. The van der Waals surface area contributed by atoms with Crippen LogP contribution in [0.15, 0.2) is 42.5 Å². The van der Waals surface area contributed by atoms with Crippen molar-refractivity contribution in [1.29, 1.82) is 0 Å². The van der Waals surface area contributed by atoms with Gasteiger partial charge in [-0.1, -0.05) is 36.4 Å². The summed E-state index contributed by atoms with van der Waals surface area (Å²) in [6, 6.07) is 12.5. The van der Waals surface area contributed by atoms with Crippen LogP contribution in [-0.2, 0) is 16.6 Å². The molecule has 7 heteroatoms. The number of piperidine rings is 1. The Bertz CT molecular complexity index is 1220. The van der Waals surface area contributed by atoms with Gasteiger partial charge in [0.15, 0.2) is 11.5 Å². The second-order valence-electron chi connectivity index (χ2n) is 11.7. The summed E-state index contributed by atoms with van der Waals surface area (Å²) >= 11 is 0. The molecule has 2 heterocycles. The lowest BCUT2D eigenvalue weighted by atomic mass is 9.47. The number of phenolic OH excluding ortho intramolecular Hbond substituents is 1.